The van der Waals surface area contributed by atoms with Crippen molar-refractivity contribution in [2.45, 2.75) is 6.92 Å². The van der Waals surface area contributed by atoms with Gasteiger partial charge >= 0.3 is 7.60 Å². The van der Waals surface area contributed by atoms with Crippen LogP contribution in [0.15, 0.2) is 0 Å². The van der Waals surface area contributed by atoms with E-state index in [4.69, 9.17) is 9.79 Å². The predicted molar refractivity (Wildman–Crippen MR) is 30.3 cm³/mol. The molecule has 0 amide bonds. The van der Waals surface area contributed by atoms with Gasteiger partial charge in [-0.15, -0.1) is 0 Å². The van der Waals surface area contributed by atoms with Crippen molar-refractivity contribution in [3.05, 3.63) is 0 Å². The van der Waals surface area contributed by atoms with Crippen LogP contribution in [0.3, 0.4) is 0 Å². The Labute approximate surface area is 46.5 Å². The van der Waals surface area contributed by atoms with E-state index in [1.165, 1.54) is 6.92 Å². The second kappa shape index (κ2) is 2.01. The average Bonchev–Trinajstić information content (AvgIpc) is 1.31. The van der Waals surface area contributed by atoms with Gasteiger partial charge in [0, 0.05) is 0 Å². The van der Waals surface area contributed by atoms with Crippen LogP contribution >= 0.6 is 19.8 Å². The van der Waals surface area contributed by atoms with Crippen molar-refractivity contribution < 1.29 is 14.4 Å². The van der Waals surface area contributed by atoms with E-state index in [-0.39, 0.29) is 4.61 Å². The van der Waals surface area contributed by atoms with E-state index in [1.807, 2.05) is 0 Å². The standard InChI is InChI=1S/C2H5O3PS/c1-2(7)6(3,4)5/h1H3,(H2,3,4,5). The first-order chi connectivity index (χ1) is 2.94. The van der Waals surface area contributed by atoms with Crippen molar-refractivity contribution in [3.63, 3.8) is 0 Å². The van der Waals surface area contributed by atoms with Crippen LogP contribution in [-0.2, 0) is 4.57 Å². The van der Waals surface area contributed by atoms with Crippen LogP contribution in [0.5, 0.6) is 0 Å². The van der Waals surface area contributed by atoms with E-state index in [2.05, 4.69) is 12.2 Å². The Balaban J connectivity index is 4.09. The zero-order valence-corrected chi connectivity index (χ0v) is 5.37. The molecule has 7 heavy (non-hydrogen) atoms. The summed E-state index contributed by atoms with van der Waals surface area (Å²) in [5.74, 6) is 0. The van der Waals surface area contributed by atoms with Crippen LogP contribution in [0.2, 0.25) is 0 Å². The molecule has 0 saturated heterocycles. The molecule has 0 aromatic carbocycles. The van der Waals surface area contributed by atoms with E-state index in [0.717, 1.165) is 0 Å². The third-order valence-corrected chi connectivity index (χ3v) is 1.94. The van der Waals surface area contributed by atoms with Crippen LogP contribution in [0.1, 0.15) is 6.92 Å². The first kappa shape index (κ1) is 7.24. The summed E-state index contributed by atoms with van der Waals surface area (Å²) in [6, 6.07) is 0. The van der Waals surface area contributed by atoms with E-state index in [1.54, 1.807) is 0 Å². The maximum Gasteiger partial charge on any atom is 0.362 e. The van der Waals surface area contributed by atoms with Crippen LogP contribution in [0.4, 0.5) is 0 Å². The van der Waals surface area contributed by atoms with Gasteiger partial charge in [0.2, 0.25) is 0 Å². The van der Waals surface area contributed by atoms with Crippen LogP contribution in [0.25, 0.3) is 0 Å². The largest absolute Gasteiger partial charge is 0.362 e. The van der Waals surface area contributed by atoms with Gasteiger partial charge in [0.05, 0.1) is 0 Å². The van der Waals surface area contributed by atoms with Gasteiger partial charge in [-0.05, 0) is 6.92 Å². The van der Waals surface area contributed by atoms with Gasteiger partial charge < -0.3 is 9.79 Å². The van der Waals surface area contributed by atoms with Gasteiger partial charge in [-0.3, -0.25) is 4.57 Å². The lowest BCUT2D eigenvalue weighted by Gasteiger charge is -1.95. The molecule has 0 radical (unpaired) electrons. The molecule has 0 atom stereocenters. The van der Waals surface area contributed by atoms with Crippen LogP contribution in [-0.4, -0.2) is 14.4 Å². The maximum atomic E-state index is 9.88. The van der Waals surface area contributed by atoms with Crippen molar-refractivity contribution in [1.29, 1.82) is 0 Å². The molecule has 0 aromatic heterocycles. The predicted octanol–water partition coefficient (Wildman–Crippen LogP) is 0.511. The number of rotatable bonds is 1. The normalized spacial score (nSPS) is 11.3. The first-order valence-corrected chi connectivity index (χ1v) is 3.53. The molecule has 0 fully saturated rings. The van der Waals surface area contributed by atoms with Crippen molar-refractivity contribution in [1.82, 2.24) is 0 Å². The molecule has 0 aliphatic heterocycles. The van der Waals surface area contributed by atoms with Crippen molar-refractivity contribution in [3.8, 4) is 0 Å². The Hall–Kier alpha value is 0.240. The molecule has 0 rings (SSSR count). The Morgan fingerprint density at radius 3 is 1.86 bits per heavy atom. The molecule has 0 unspecified atom stereocenters. The minimum atomic E-state index is -4.01. The molecule has 0 aliphatic rings. The summed E-state index contributed by atoms with van der Waals surface area (Å²) in [4.78, 5) is 16.1. The van der Waals surface area contributed by atoms with Gasteiger partial charge in [-0.25, -0.2) is 0 Å². The lowest BCUT2D eigenvalue weighted by Crippen LogP contribution is -1.85. The monoisotopic (exact) mass is 140 g/mol. The highest BCUT2D eigenvalue weighted by Gasteiger charge is 2.13. The molecule has 0 heterocycles. The molecular formula is C2H5O3PS. The molecule has 0 aromatic rings. The van der Waals surface area contributed by atoms with E-state index >= 15 is 0 Å². The summed E-state index contributed by atoms with van der Waals surface area (Å²) < 4.78 is 9.63. The summed E-state index contributed by atoms with van der Waals surface area (Å²) >= 11 is 4.17. The summed E-state index contributed by atoms with van der Waals surface area (Å²) in [7, 11) is -4.01. The van der Waals surface area contributed by atoms with Gasteiger partial charge in [0.25, 0.3) is 0 Å². The maximum absolute atomic E-state index is 9.88. The minimum Gasteiger partial charge on any atom is -0.321 e. The number of hydrogen-bond donors (Lipinski definition) is 2. The Bertz CT molecular complexity index is 125. The molecule has 0 spiro atoms. The zero-order chi connectivity index (χ0) is 6.08. The summed E-state index contributed by atoms with van der Waals surface area (Å²) in [5, 5.41) is 0. The van der Waals surface area contributed by atoms with Crippen molar-refractivity contribution in [2.75, 3.05) is 0 Å². The summed E-state index contributed by atoms with van der Waals surface area (Å²) in [6.45, 7) is 1.22. The Morgan fingerprint density at radius 2 is 1.86 bits per heavy atom. The van der Waals surface area contributed by atoms with Gasteiger partial charge in [0.15, 0.2) is 0 Å². The van der Waals surface area contributed by atoms with E-state index < -0.39 is 7.60 Å². The van der Waals surface area contributed by atoms with Crippen molar-refractivity contribution >= 4 is 24.4 Å². The van der Waals surface area contributed by atoms with Crippen LogP contribution < -0.4 is 0 Å². The fourth-order valence-electron chi connectivity index (χ4n) is 0. The summed E-state index contributed by atoms with van der Waals surface area (Å²) in [5.41, 5.74) is 0. The molecule has 0 saturated carbocycles. The Morgan fingerprint density at radius 1 is 1.71 bits per heavy atom. The molecule has 3 nitrogen and oxygen atoms in total. The van der Waals surface area contributed by atoms with Gasteiger partial charge in [-0.1, -0.05) is 12.2 Å². The minimum absolute atomic E-state index is 0.257. The van der Waals surface area contributed by atoms with E-state index in [0.29, 0.717) is 0 Å². The highest BCUT2D eigenvalue weighted by atomic mass is 32.1. The second-order valence-electron chi connectivity index (χ2n) is 1.06. The summed E-state index contributed by atoms with van der Waals surface area (Å²) in [6.07, 6.45) is 0. The molecule has 0 bridgehead atoms. The lowest BCUT2D eigenvalue weighted by atomic mass is 11.0. The van der Waals surface area contributed by atoms with Crippen LogP contribution in [0, 0.1) is 0 Å². The fourth-order valence-corrected chi connectivity index (χ4v) is 0. The third-order valence-electron chi connectivity index (χ3n) is 0.410. The molecular weight excluding hydrogens is 135 g/mol. The topological polar surface area (TPSA) is 57.5 Å². The average molecular weight is 140 g/mol. The number of thiocarbonyl (C=S) groups is 1. The quantitative estimate of drug-likeness (QED) is 0.411. The lowest BCUT2D eigenvalue weighted by molar-refractivity contribution is 0.391. The SMILES string of the molecule is CC(=S)P(=O)(O)O. The van der Waals surface area contributed by atoms with E-state index in [9.17, 15) is 4.57 Å². The molecule has 5 heteroatoms. The second-order valence-corrected chi connectivity index (χ2v) is 3.74. The fraction of sp³-hybridized carbons (Fsp3) is 0.500. The smallest absolute Gasteiger partial charge is 0.321 e. The van der Waals surface area contributed by atoms with Gasteiger partial charge in [0.1, 0.15) is 4.61 Å². The molecule has 2 N–H and O–H groups in total. The molecule has 0 aliphatic carbocycles. The zero-order valence-electron chi connectivity index (χ0n) is 3.66. The first-order valence-electron chi connectivity index (χ1n) is 1.51. The highest BCUT2D eigenvalue weighted by Crippen LogP contribution is 2.35. The molecule has 42 valence electrons. The highest BCUT2D eigenvalue weighted by molar-refractivity contribution is 7.97. The third kappa shape index (κ3) is 2.88. The number of hydrogen-bond acceptors (Lipinski definition) is 2. The Kier molecular flexibility index (Phi) is 2.08. The van der Waals surface area contributed by atoms with Gasteiger partial charge in [-0.2, -0.15) is 0 Å². The van der Waals surface area contributed by atoms with Crippen molar-refractivity contribution in [2.24, 2.45) is 0 Å².